The van der Waals surface area contributed by atoms with Crippen LogP contribution in [0, 0.1) is 0 Å². The van der Waals surface area contributed by atoms with Crippen molar-refractivity contribution in [3.8, 4) is 11.5 Å². The number of carbonyl (C=O) groups excluding carboxylic acids is 2. The molecule has 7 nitrogen and oxygen atoms in total. The second-order valence-corrected chi connectivity index (χ2v) is 6.06. The molecule has 0 spiro atoms. The van der Waals surface area contributed by atoms with Gasteiger partial charge in [0.05, 0.1) is 17.7 Å². The molecule has 1 aromatic heterocycles. The van der Waals surface area contributed by atoms with Crippen LogP contribution in [0.4, 0.5) is 0 Å². The van der Waals surface area contributed by atoms with Crippen LogP contribution < -0.4 is 9.47 Å². The number of benzene rings is 2. The molecule has 0 N–H and O–H groups in total. The predicted octanol–water partition coefficient (Wildman–Crippen LogP) is 3.74. The summed E-state index contributed by atoms with van der Waals surface area (Å²) in [5.41, 5.74) is 1.32. The van der Waals surface area contributed by atoms with Gasteiger partial charge in [0, 0.05) is 5.39 Å². The molecule has 0 unspecified atom stereocenters. The SMILES string of the molecule is CCOC(=O)c1oc2ccccc2c1COC(=O)c1ccc2c(c1)OCCO2. The Labute approximate surface area is 160 Å². The third-order valence-corrected chi connectivity index (χ3v) is 4.28. The number of hydrogen-bond acceptors (Lipinski definition) is 7. The minimum Gasteiger partial charge on any atom is -0.486 e. The monoisotopic (exact) mass is 382 g/mol. The highest BCUT2D eigenvalue weighted by molar-refractivity contribution is 5.96. The highest BCUT2D eigenvalue weighted by Gasteiger charge is 2.23. The van der Waals surface area contributed by atoms with E-state index in [0.717, 1.165) is 0 Å². The van der Waals surface area contributed by atoms with Crippen molar-refractivity contribution in [2.24, 2.45) is 0 Å². The molecule has 28 heavy (non-hydrogen) atoms. The number of hydrogen-bond donors (Lipinski definition) is 0. The standard InChI is InChI=1S/C21H18O7/c1-2-24-21(23)19-15(14-5-3-4-6-16(14)28-19)12-27-20(22)13-7-8-17-18(11-13)26-10-9-25-17/h3-8,11H,2,9-10,12H2,1H3. The first-order valence-electron chi connectivity index (χ1n) is 8.91. The summed E-state index contributed by atoms with van der Waals surface area (Å²) in [4.78, 5) is 24.7. The van der Waals surface area contributed by atoms with Gasteiger partial charge in [0.15, 0.2) is 11.5 Å². The number of carbonyl (C=O) groups is 2. The molecule has 2 heterocycles. The van der Waals surface area contributed by atoms with E-state index in [0.29, 0.717) is 46.8 Å². The van der Waals surface area contributed by atoms with Crippen LogP contribution in [0.3, 0.4) is 0 Å². The molecule has 0 radical (unpaired) electrons. The van der Waals surface area contributed by atoms with Crippen LogP contribution in [0.2, 0.25) is 0 Å². The van der Waals surface area contributed by atoms with Gasteiger partial charge in [-0.15, -0.1) is 0 Å². The molecule has 7 heteroatoms. The largest absolute Gasteiger partial charge is 0.486 e. The average molecular weight is 382 g/mol. The average Bonchev–Trinajstić information content (AvgIpc) is 3.10. The first-order valence-corrected chi connectivity index (χ1v) is 8.91. The predicted molar refractivity (Wildman–Crippen MR) is 98.7 cm³/mol. The van der Waals surface area contributed by atoms with Gasteiger partial charge in [-0.05, 0) is 31.2 Å². The van der Waals surface area contributed by atoms with Crippen molar-refractivity contribution < 1.29 is 33.0 Å². The van der Waals surface area contributed by atoms with Gasteiger partial charge >= 0.3 is 11.9 Å². The summed E-state index contributed by atoms with van der Waals surface area (Å²) < 4.78 is 27.0. The normalized spacial score (nSPS) is 12.6. The molecular formula is C21H18O7. The molecule has 0 saturated carbocycles. The molecular weight excluding hydrogens is 364 g/mol. The Balaban J connectivity index is 1.57. The molecule has 1 aliphatic heterocycles. The topological polar surface area (TPSA) is 84.2 Å². The Hall–Kier alpha value is -3.48. The van der Waals surface area contributed by atoms with E-state index in [9.17, 15) is 9.59 Å². The van der Waals surface area contributed by atoms with Gasteiger partial charge < -0.3 is 23.4 Å². The Morgan fingerprint density at radius 2 is 1.75 bits per heavy atom. The van der Waals surface area contributed by atoms with E-state index in [-0.39, 0.29) is 19.0 Å². The van der Waals surface area contributed by atoms with Crippen molar-refractivity contribution in [3.63, 3.8) is 0 Å². The van der Waals surface area contributed by atoms with Gasteiger partial charge in [-0.2, -0.15) is 0 Å². The summed E-state index contributed by atoms with van der Waals surface area (Å²) in [7, 11) is 0. The van der Waals surface area contributed by atoms with Crippen LogP contribution in [0.1, 0.15) is 33.4 Å². The van der Waals surface area contributed by atoms with Crippen LogP contribution in [0.5, 0.6) is 11.5 Å². The minimum absolute atomic E-state index is 0.0398. The number of fused-ring (bicyclic) bond motifs is 2. The van der Waals surface area contributed by atoms with Crippen LogP contribution in [0.15, 0.2) is 46.9 Å². The second kappa shape index (κ2) is 7.64. The van der Waals surface area contributed by atoms with Gasteiger partial charge in [-0.25, -0.2) is 9.59 Å². The number of furan rings is 1. The summed E-state index contributed by atoms with van der Waals surface area (Å²) in [5, 5.41) is 0.695. The van der Waals surface area contributed by atoms with Crippen molar-refractivity contribution in [1.29, 1.82) is 0 Å². The van der Waals surface area contributed by atoms with Crippen LogP contribution in [-0.2, 0) is 16.1 Å². The lowest BCUT2D eigenvalue weighted by molar-refractivity contribution is 0.0435. The molecule has 0 bridgehead atoms. The first kappa shape index (κ1) is 17.9. The van der Waals surface area contributed by atoms with Crippen molar-refractivity contribution in [1.82, 2.24) is 0 Å². The molecule has 0 saturated heterocycles. The van der Waals surface area contributed by atoms with Crippen molar-refractivity contribution in [3.05, 3.63) is 59.4 Å². The molecule has 4 rings (SSSR count). The molecule has 3 aromatic rings. The van der Waals surface area contributed by atoms with E-state index in [1.165, 1.54) is 0 Å². The van der Waals surface area contributed by atoms with E-state index in [1.54, 1.807) is 43.3 Å². The zero-order valence-electron chi connectivity index (χ0n) is 15.2. The minimum atomic E-state index is -0.593. The number of ether oxygens (including phenoxy) is 4. The van der Waals surface area contributed by atoms with E-state index in [1.807, 2.05) is 6.07 Å². The molecule has 0 aliphatic carbocycles. The van der Waals surface area contributed by atoms with Gasteiger partial charge in [0.2, 0.25) is 5.76 Å². The maximum Gasteiger partial charge on any atom is 0.374 e. The molecule has 0 amide bonds. The summed E-state index contributed by atoms with van der Waals surface area (Å²) >= 11 is 0. The molecule has 0 fully saturated rings. The number of para-hydroxylation sites is 1. The Morgan fingerprint density at radius 3 is 2.57 bits per heavy atom. The van der Waals surface area contributed by atoms with Gasteiger partial charge in [0.25, 0.3) is 0 Å². The number of rotatable bonds is 5. The Kier molecular flexibility index (Phi) is 4.89. The third-order valence-electron chi connectivity index (χ3n) is 4.28. The van der Waals surface area contributed by atoms with Crippen LogP contribution in [0.25, 0.3) is 11.0 Å². The summed E-state index contributed by atoms with van der Waals surface area (Å²) in [5.74, 6) is -0.00549. The summed E-state index contributed by atoms with van der Waals surface area (Å²) in [6.07, 6.45) is 0. The fourth-order valence-electron chi connectivity index (χ4n) is 3.00. The fraction of sp³-hybridized carbons (Fsp3) is 0.238. The van der Waals surface area contributed by atoms with Gasteiger partial charge in [-0.1, -0.05) is 18.2 Å². The van der Waals surface area contributed by atoms with Gasteiger partial charge in [0.1, 0.15) is 25.4 Å². The van der Waals surface area contributed by atoms with Gasteiger partial charge in [-0.3, -0.25) is 0 Å². The highest BCUT2D eigenvalue weighted by atomic mass is 16.6. The van der Waals surface area contributed by atoms with Crippen LogP contribution >= 0.6 is 0 Å². The zero-order valence-corrected chi connectivity index (χ0v) is 15.2. The fourth-order valence-corrected chi connectivity index (χ4v) is 3.00. The van der Waals surface area contributed by atoms with Crippen LogP contribution in [-0.4, -0.2) is 31.8 Å². The smallest absolute Gasteiger partial charge is 0.374 e. The maximum atomic E-state index is 12.5. The van der Waals surface area contributed by atoms with Crippen molar-refractivity contribution in [2.45, 2.75) is 13.5 Å². The van der Waals surface area contributed by atoms with Crippen molar-refractivity contribution in [2.75, 3.05) is 19.8 Å². The summed E-state index contributed by atoms with van der Waals surface area (Å²) in [6, 6.07) is 12.0. The number of esters is 2. The van der Waals surface area contributed by atoms with E-state index in [4.69, 9.17) is 23.4 Å². The Morgan fingerprint density at radius 1 is 0.964 bits per heavy atom. The second-order valence-electron chi connectivity index (χ2n) is 6.06. The lowest BCUT2D eigenvalue weighted by Crippen LogP contribution is -2.16. The zero-order chi connectivity index (χ0) is 19.5. The van der Waals surface area contributed by atoms with E-state index >= 15 is 0 Å². The molecule has 1 aliphatic rings. The lowest BCUT2D eigenvalue weighted by atomic mass is 10.1. The summed E-state index contributed by atoms with van der Waals surface area (Å²) in [6.45, 7) is 2.70. The van der Waals surface area contributed by atoms with E-state index in [2.05, 4.69) is 0 Å². The maximum absolute atomic E-state index is 12.5. The Bertz CT molecular complexity index is 1030. The third kappa shape index (κ3) is 3.38. The molecule has 144 valence electrons. The first-order chi connectivity index (χ1) is 13.7. The van der Waals surface area contributed by atoms with E-state index < -0.39 is 11.9 Å². The lowest BCUT2D eigenvalue weighted by Gasteiger charge is -2.18. The quantitative estimate of drug-likeness (QED) is 0.622. The van der Waals surface area contributed by atoms with Crippen molar-refractivity contribution >= 4 is 22.9 Å². The molecule has 0 atom stereocenters. The molecule has 2 aromatic carbocycles. The highest BCUT2D eigenvalue weighted by Crippen LogP contribution is 2.31.